The summed E-state index contributed by atoms with van der Waals surface area (Å²) < 4.78 is 20.8. The molecule has 0 saturated carbocycles. The molecule has 1 aliphatic carbocycles. The Balaban J connectivity index is 1.92. The third-order valence-corrected chi connectivity index (χ3v) is 7.38. The summed E-state index contributed by atoms with van der Waals surface area (Å²) in [7, 11) is 0. The number of hydrogen-bond donors (Lipinski definition) is 3. The maximum atomic E-state index is 13.8. The summed E-state index contributed by atoms with van der Waals surface area (Å²) in [6.07, 6.45) is 0.545. The highest BCUT2D eigenvalue weighted by molar-refractivity contribution is 14.1. The number of aliphatic hydroxyl groups excluding tert-OH is 2. The van der Waals surface area contributed by atoms with Crippen molar-refractivity contribution in [1.29, 1.82) is 0 Å². The van der Waals surface area contributed by atoms with Crippen molar-refractivity contribution >= 4 is 40.2 Å². The Bertz CT molecular complexity index is 1190. The van der Waals surface area contributed by atoms with Gasteiger partial charge in [-0.1, -0.05) is 24.3 Å². The van der Waals surface area contributed by atoms with E-state index in [1.54, 1.807) is 30.3 Å². The quantitative estimate of drug-likeness (QED) is 0.287. The SMILES string of the molecule is CC(=O)CCCC(=O)N(CCc1cccc(F)c1)C1CC(C(=O)NCCO)=CC(Oc2ccccc2I)C1O. The van der Waals surface area contributed by atoms with Gasteiger partial charge in [-0.15, -0.1) is 0 Å². The largest absolute Gasteiger partial charge is 0.482 e. The molecule has 0 spiro atoms. The molecule has 1 aliphatic rings. The molecule has 0 bridgehead atoms. The Kier molecular flexibility index (Phi) is 11.9. The molecule has 0 heterocycles. The molecule has 210 valence electrons. The molecule has 0 fully saturated rings. The highest BCUT2D eigenvalue weighted by Crippen LogP contribution is 2.30. The van der Waals surface area contributed by atoms with Gasteiger partial charge in [-0.25, -0.2) is 4.39 Å². The monoisotopic (exact) mass is 652 g/mol. The summed E-state index contributed by atoms with van der Waals surface area (Å²) >= 11 is 2.12. The lowest BCUT2D eigenvalue weighted by molar-refractivity contribution is -0.138. The molecular weight excluding hydrogens is 618 g/mol. The number of carbonyl (C=O) groups excluding carboxylic acids is 3. The van der Waals surface area contributed by atoms with Crippen LogP contribution in [0.5, 0.6) is 5.75 Å². The number of Topliss-reactive ketones (excluding diaryl/α,β-unsaturated/α-hetero) is 1. The first-order chi connectivity index (χ1) is 18.7. The van der Waals surface area contributed by atoms with E-state index in [4.69, 9.17) is 9.84 Å². The van der Waals surface area contributed by atoms with Crippen LogP contribution in [0.4, 0.5) is 4.39 Å². The number of rotatable bonds is 13. The predicted octanol–water partition coefficient (Wildman–Crippen LogP) is 3.18. The third-order valence-electron chi connectivity index (χ3n) is 6.48. The van der Waals surface area contributed by atoms with Crippen molar-refractivity contribution in [3.63, 3.8) is 0 Å². The van der Waals surface area contributed by atoms with E-state index in [1.807, 2.05) is 12.1 Å². The fourth-order valence-electron chi connectivity index (χ4n) is 4.52. The maximum Gasteiger partial charge on any atom is 0.247 e. The number of hydrogen-bond acceptors (Lipinski definition) is 6. The summed E-state index contributed by atoms with van der Waals surface area (Å²) in [6, 6.07) is 12.5. The third kappa shape index (κ3) is 9.11. The fraction of sp³-hybridized carbons (Fsp3) is 0.414. The normalized spacial score (nSPS) is 18.7. The number of nitrogens with one attached hydrogen (secondary N) is 1. The second-order valence-electron chi connectivity index (χ2n) is 9.47. The molecule has 0 radical (unpaired) electrons. The molecule has 10 heteroatoms. The molecule has 39 heavy (non-hydrogen) atoms. The van der Waals surface area contributed by atoms with Gasteiger partial charge in [0.05, 0.1) is 16.2 Å². The number of halogens is 2. The lowest BCUT2D eigenvalue weighted by atomic mass is 9.87. The molecule has 3 N–H and O–H groups in total. The van der Waals surface area contributed by atoms with Crippen LogP contribution in [0.1, 0.15) is 38.2 Å². The Labute approximate surface area is 241 Å². The van der Waals surface area contributed by atoms with E-state index in [0.29, 0.717) is 29.7 Å². The summed E-state index contributed by atoms with van der Waals surface area (Å²) in [5.74, 6) is -0.591. The van der Waals surface area contributed by atoms with Crippen LogP contribution in [0.15, 0.2) is 60.2 Å². The van der Waals surface area contributed by atoms with Crippen LogP contribution < -0.4 is 10.1 Å². The van der Waals surface area contributed by atoms with Crippen molar-refractivity contribution in [2.24, 2.45) is 0 Å². The number of amides is 2. The standard InChI is InChI=1S/C29H34FIN2O6/c1-19(35)6-4-11-27(36)33(14-12-20-7-5-8-22(30)16-20)24-17-21(29(38)32-13-15-34)18-26(28(24)37)39-25-10-3-2-9-23(25)31/h2-3,5,7-10,16,18,24,26,28,34,37H,4,6,11-15,17H2,1H3,(H,32,38). The van der Waals surface area contributed by atoms with Crippen LogP contribution in [0.25, 0.3) is 0 Å². The van der Waals surface area contributed by atoms with Gasteiger partial charge in [-0.2, -0.15) is 0 Å². The van der Waals surface area contributed by atoms with Gasteiger partial charge in [-0.05, 0) is 78.3 Å². The fourth-order valence-corrected chi connectivity index (χ4v) is 5.03. The lowest BCUT2D eigenvalue weighted by Gasteiger charge is -2.40. The van der Waals surface area contributed by atoms with Gasteiger partial charge in [0.15, 0.2) is 0 Å². The molecule has 8 nitrogen and oxygen atoms in total. The minimum absolute atomic E-state index is 0.0245. The van der Waals surface area contributed by atoms with E-state index in [0.717, 1.165) is 3.57 Å². The van der Waals surface area contributed by atoms with Crippen LogP contribution in [0.2, 0.25) is 0 Å². The van der Waals surface area contributed by atoms with Crippen LogP contribution in [0.3, 0.4) is 0 Å². The summed E-state index contributed by atoms with van der Waals surface area (Å²) in [4.78, 5) is 39.4. The second-order valence-corrected chi connectivity index (χ2v) is 10.6. The molecule has 2 amide bonds. The summed E-state index contributed by atoms with van der Waals surface area (Å²) in [6.45, 7) is 1.46. The minimum atomic E-state index is -1.17. The smallest absolute Gasteiger partial charge is 0.247 e. The van der Waals surface area contributed by atoms with Crippen molar-refractivity contribution in [2.75, 3.05) is 19.7 Å². The zero-order valence-corrected chi connectivity index (χ0v) is 24.0. The van der Waals surface area contributed by atoms with E-state index >= 15 is 0 Å². The number of aliphatic hydroxyl groups is 2. The average Bonchev–Trinajstić information content (AvgIpc) is 2.90. The summed E-state index contributed by atoms with van der Waals surface area (Å²) in [5, 5.41) is 23.3. The van der Waals surface area contributed by atoms with Crippen molar-refractivity contribution < 1.29 is 33.7 Å². The molecule has 3 rings (SSSR count). The molecule has 0 saturated heterocycles. The first-order valence-electron chi connectivity index (χ1n) is 12.9. The highest BCUT2D eigenvalue weighted by Gasteiger charge is 2.40. The first kappa shape index (κ1) is 30.7. The zero-order chi connectivity index (χ0) is 28.4. The Hall–Kier alpha value is -2.83. The van der Waals surface area contributed by atoms with E-state index in [2.05, 4.69) is 27.9 Å². The van der Waals surface area contributed by atoms with E-state index in [9.17, 15) is 23.9 Å². The molecular formula is C29H34FIN2O6. The van der Waals surface area contributed by atoms with E-state index < -0.39 is 24.2 Å². The number of para-hydroxylation sites is 1. The predicted molar refractivity (Wildman–Crippen MR) is 153 cm³/mol. The second kappa shape index (κ2) is 15.1. The van der Waals surface area contributed by atoms with E-state index in [1.165, 1.54) is 24.0 Å². The van der Waals surface area contributed by atoms with Gasteiger partial charge in [0.2, 0.25) is 11.8 Å². The molecule has 0 aliphatic heterocycles. The van der Waals surface area contributed by atoms with Gasteiger partial charge in [0.25, 0.3) is 0 Å². The molecule has 3 unspecified atom stereocenters. The van der Waals surface area contributed by atoms with Crippen LogP contribution in [0, 0.1) is 9.39 Å². The Morgan fingerprint density at radius 3 is 2.62 bits per heavy atom. The number of ether oxygens (including phenoxy) is 1. The van der Waals surface area contributed by atoms with Crippen LogP contribution in [-0.2, 0) is 20.8 Å². The molecule has 3 atom stereocenters. The van der Waals surface area contributed by atoms with Gasteiger partial charge in [0.1, 0.15) is 29.6 Å². The van der Waals surface area contributed by atoms with Crippen molar-refractivity contribution in [2.45, 2.75) is 57.3 Å². The maximum absolute atomic E-state index is 13.8. The number of nitrogens with zero attached hydrogens (tertiary/aromatic N) is 1. The van der Waals surface area contributed by atoms with Crippen molar-refractivity contribution in [3.05, 3.63) is 75.1 Å². The van der Waals surface area contributed by atoms with Gasteiger partial charge in [-0.3, -0.25) is 9.59 Å². The highest BCUT2D eigenvalue weighted by atomic mass is 127. The van der Waals surface area contributed by atoms with Gasteiger partial charge in [0, 0.05) is 37.9 Å². The Morgan fingerprint density at radius 1 is 1.15 bits per heavy atom. The molecule has 2 aromatic rings. The first-order valence-corrected chi connectivity index (χ1v) is 14.0. The molecule has 0 aromatic heterocycles. The van der Waals surface area contributed by atoms with Crippen LogP contribution >= 0.6 is 22.6 Å². The van der Waals surface area contributed by atoms with Gasteiger partial charge < -0.3 is 30.0 Å². The zero-order valence-electron chi connectivity index (χ0n) is 21.8. The van der Waals surface area contributed by atoms with Crippen molar-refractivity contribution in [1.82, 2.24) is 10.2 Å². The average molecular weight is 653 g/mol. The summed E-state index contributed by atoms with van der Waals surface area (Å²) in [5.41, 5.74) is 1.01. The van der Waals surface area contributed by atoms with Crippen molar-refractivity contribution in [3.8, 4) is 5.75 Å². The lowest BCUT2D eigenvalue weighted by Crippen LogP contribution is -2.55. The number of carbonyl (C=O) groups is 3. The van der Waals surface area contributed by atoms with Crippen LogP contribution in [-0.4, -0.2) is 70.7 Å². The topological polar surface area (TPSA) is 116 Å². The minimum Gasteiger partial charge on any atom is -0.482 e. The van der Waals surface area contributed by atoms with E-state index in [-0.39, 0.29) is 56.5 Å². The molecule has 2 aromatic carbocycles. The number of ketones is 1. The number of benzene rings is 2. The van der Waals surface area contributed by atoms with Gasteiger partial charge >= 0.3 is 0 Å². The Morgan fingerprint density at radius 2 is 1.92 bits per heavy atom.